The van der Waals surface area contributed by atoms with Crippen LogP contribution in [0.25, 0.3) is 0 Å². The van der Waals surface area contributed by atoms with Gasteiger partial charge >= 0.3 is 11.9 Å². The zero-order valence-electron chi connectivity index (χ0n) is 14.5. The molecule has 0 heterocycles. The van der Waals surface area contributed by atoms with Gasteiger partial charge in [0.2, 0.25) is 0 Å². The van der Waals surface area contributed by atoms with Gasteiger partial charge in [-0.15, -0.1) is 0 Å². The lowest BCUT2D eigenvalue weighted by Crippen LogP contribution is -3.00. The smallest absolute Gasteiger partial charge is 0.306 e. The second kappa shape index (κ2) is 11.9. The maximum atomic E-state index is 11.4. The highest BCUT2D eigenvalue weighted by Gasteiger charge is 2.13. The van der Waals surface area contributed by atoms with E-state index in [4.69, 9.17) is 9.47 Å². The molecule has 0 bridgehead atoms. The third kappa shape index (κ3) is 19.4. The normalized spacial score (nSPS) is 11.0. The van der Waals surface area contributed by atoms with Gasteiger partial charge in [-0.05, 0) is 0 Å². The van der Waals surface area contributed by atoms with Crippen LogP contribution in [0.3, 0.4) is 0 Å². The van der Waals surface area contributed by atoms with Crippen molar-refractivity contribution in [1.29, 1.82) is 0 Å². The van der Waals surface area contributed by atoms with Crippen molar-refractivity contribution in [3.05, 3.63) is 0 Å². The number of ether oxygens (including phenoxy) is 2. The number of carbonyl (C=O) groups excluding carboxylic acids is 2. The molecule has 0 amide bonds. The molecule has 0 aliphatic heterocycles. The number of likely N-dealkylation sites (N-methyl/N-ethyl adjacent to an activating group) is 2. The van der Waals surface area contributed by atoms with Crippen LogP contribution in [0.4, 0.5) is 0 Å². The SMILES string of the molecule is C[N+](C)(C)CCOC(=O)CCC(=O)OCC[N+](C)(C)C.[Cl-].[Cl-]. The number of rotatable bonds is 9. The lowest BCUT2D eigenvalue weighted by molar-refractivity contribution is -0.870. The van der Waals surface area contributed by atoms with Crippen LogP contribution in [0.15, 0.2) is 0 Å². The lowest BCUT2D eigenvalue weighted by atomic mass is 10.3. The van der Waals surface area contributed by atoms with Gasteiger partial charge in [0, 0.05) is 0 Å². The minimum absolute atomic E-state index is 0. The molecule has 0 aromatic carbocycles. The second-order valence-corrected chi connectivity index (χ2v) is 6.97. The number of nitrogens with zero attached hydrogens (tertiary/aromatic N) is 2. The Morgan fingerprint density at radius 2 is 0.955 bits per heavy atom. The number of hydrogen-bond acceptors (Lipinski definition) is 4. The van der Waals surface area contributed by atoms with Gasteiger partial charge in [0.1, 0.15) is 26.3 Å². The van der Waals surface area contributed by atoms with Crippen LogP contribution in [0.1, 0.15) is 12.8 Å². The summed E-state index contributed by atoms with van der Waals surface area (Å²) in [5.41, 5.74) is 0. The second-order valence-electron chi connectivity index (χ2n) is 6.97. The van der Waals surface area contributed by atoms with Crippen molar-refractivity contribution in [2.24, 2.45) is 0 Å². The van der Waals surface area contributed by atoms with Gasteiger partial charge in [0.15, 0.2) is 0 Å². The molecular formula is C14H30Cl2N2O4. The molecule has 0 saturated carbocycles. The molecule has 0 atom stereocenters. The first kappa shape index (κ1) is 26.3. The molecule has 0 spiro atoms. The Morgan fingerprint density at radius 1 is 0.682 bits per heavy atom. The van der Waals surface area contributed by atoms with E-state index in [2.05, 4.69) is 0 Å². The number of esters is 2. The first-order chi connectivity index (χ1) is 8.99. The maximum Gasteiger partial charge on any atom is 0.306 e. The van der Waals surface area contributed by atoms with Crippen LogP contribution in [0, 0.1) is 0 Å². The van der Waals surface area contributed by atoms with E-state index >= 15 is 0 Å². The number of hydrogen-bond donors (Lipinski definition) is 0. The van der Waals surface area contributed by atoms with Crippen LogP contribution < -0.4 is 24.8 Å². The molecular weight excluding hydrogens is 331 g/mol. The summed E-state index contributed by atoms with van der Waals surface area (Å²) >= 11 is 0. The van der Waals surface area contributed by atoms with Crippen LogP contribution in [-0.2, 0) is 19.1 Å². The minimum atomic E-state index is -0.345. The molecule has 0 rings (SSSR count). The van der Waals surface area contributed by atoms with E-state index in [0.717, 1.165) is 22.1 Å². The van der Waals surface area contributed by atoms with Crippen molar-refractivity contribution in [2.75, 3.05) is 68.6 Å². The van der Waals surface area contributed by atoms with Gasteiger partial charge in [-0.3, -0.25) is 9.59 Å². The largest absolute Gasteiger partial charge is 1.00 e. The van der Waals surface area contributed by atoms with Crippen molar-refractivity contribution in [3.63, 3.8) is 0 Å². The van der Waals surface area contributed by atoms with Crippen molar-refractivity contribution < 1.29 is 52.8 Å². The predicted octanol–water partition coefficient (Wildman–Crippen LogP) is -5.73. The monoisotopic (exact) mass is 360 g/mol. The Hall–Kier alpha value is -0.560. The Balaban J connectivity index is -0.00000180. The summed E-state index contributed by atoms with van der Waals surface area (Å²) in [4.78, 5) is 22.9. The third-order valence-corrected chi connectivity index (χ3v) is 2.58. The van der Waals surface area contributed by atoms with Gasteiger partial charge < -0.3 is 43.3 Å². The predicted molar refractivity (Wildman–Crippen MR) is 77.0 cm³/mol. The van der Waals surface area contributed by atoms with E-state index in [0.29, 0.717) is 13.2 Å². The summed E-state index contributed by atoms with van der Waals surface area (Å²) in [5.74, 6) is -0.691. The van der Waals surface area contributed by atoms with E-state index < -0.39 is 0 Å². The Bertz CT molecular complexity index is 294. The highest BCUT2D eigenvalue weighted by atomic mass is 35.5. The lowest BCUT2D eigenvalue weighted by Gasteiger charge is -2.23. The highest BCUT2D eigenvalue weighted by Crippen LogP contribution is 1.98. The molecule has 0 fully saturated rings. The van der Waals surface area contributed by atoms with Crippen LogP contribution in [0.5, 0.6) is 0 Å². The summed E-state index contributed by atoms with van der Waals surface area (Å²) in [7, 11) is 12.2. The molecule has 0 aromatic heterocycles. The molecule has 22 heavy (non-hydrogen) atoms. The van der Waals surface area contributed by atoms with Gasteiger partial charge in [-0.25, -0.2) is 0 Å². The average molecular weight is 361 g/mol. The molecule has 8 heteroatoms. The van der Waals surface area contributed by atoms with E-state index in [1.165, 1.54) is 0 Å². The average Bonchev–Trinajstić information content (AvgIpc) is 2.22. The molecule has 0 unspecified atom stereocenters. The number of quaternary nitrogens is 2. The topological polar surface area (TPSA) is 52.6 Å². The van der Waals surface area contributed by atoms with E-state index in [1.54, 1.807) is 0 Å². The highest BCUT2D eigenvalue weighted by molar-refractivity contribution is 5.77. The molecule has 134 valence electrons. The van der Waals surface area contributed by atoms with Gasteiger partial charge in [-0.2, -0.15) is 0 Å². The standard InChI is InChI=1S/C14H30N2O4.2ClH/c1-15(2,3)9-11-19-13(17)7-8-14(18)20-12-10-16(4,5)6;;/h7-12H2,1-6H3;2*1H/q+2;;/p-2. The number of carbonyl (C=O) groups is 2. The first-order valence-corrected chi connectivity index (χ1v) is 6.92. The Morgan fingerprint density at radius 3 is 1.18 bits per heavy atom. The van der Waals surface area contributed by atoms with Gasteiger partial charge in [-0.1, -0.05) is 0 Å². The summed E-state index contributed by atoms with van der Waals surface area (Å²) in [5, 5.41) is 0. The molecule has 0 aliphatic rings. The fourth-order valence-electron chi connectivity index (χ4n) is 1.22. The summed E-state index contributed by atoms with van der Waals surface area (Å²) < 4.78 is 11.6. The fourth-order valence-corrected chi connectivity index (χ4v) is 1.22. The zero-order chi connectivity index (χ0) is 15.8. The summed E-state index contributed by atoms with van der Waals surface area (Å²) in [6, 6.07) is 0. The zero-order valence-corrected chi connectivity index (χ0v) is 16.0. The molecule has 0 N–H and O–H groups in total. The van der Waals surface area contributed by atoms with Crippen molar-refractivity contribution >= 4 is 11.9 Å². The molecule has 0 aromatic rings. The van der Waals surface area contributed by atoms with Crippen LogP contribution in [-0.4, -0.2) is 89.5 Å². The van der Waals surface area contributed by atoms with Crippen LogP contribution >= 0.6 is 0 Å². The summed E-state index contributed by atoms with van der Waals surface area (Å²) in [6.45, 7) is 2.25. The van der Waals surface area contributed by atoms with E-state index in [9.17, 15) is 9.59 Å². The molecule has 0 radical (unpaired) electrons. The van der Waals surface area contributed by atoms with Gasteiger partial charge in [0.25, 0.3) is 0 Å². The first-order valence-electron chi connectivity index (χ1n) is 6.92. The molecule has 6 nitrogen and oxygen atoms in total. The quantitative estimate of drug-likeness (QED) is 0.304. The minimum Gasteiger partial charge on any atom is -1.00 e. The molecule has 0 aliphatic carbocycles. The fraction of sp³-hybridized carbons (Fsp3) is 0.857. The van der Waals surface area contributed by atoms with Gasteiger partial charge in [0.05, 0.1) is 55.1 Å². The molecule has 0 saturated heterocycles. The summed E-state index contributed by atoms with van der Waals surface area (Å²) in [6.07, 6.45) is 0.167. The third-order valence-electron chi connectivity index (χ3n) is 2.58. The van der Waals surface area contributed by atoms with Crippen LogP contribution in [0.2, 0.25) is 0 Å². The Kier molecular flexibility index (Phi) is 14.3. The van der Waals surface area contributed by atoms with Crippen molar-refractivity contribution in [2.45, 2.75) is 12.8 Å². The maximum absolute atomic E-state index is 11.4. The number of halogens is 2. The van der Waals surface area contributed by atoms with E-state index in [-0.39, 0.29) is 49.6 Å². The van der Waals surface area contributed by atoms with E-state index in [1.807, 2.05) is 42.3 Å². The van der Waals surface area contributed by atoms with Crippen molar-refractivity contribution in [1.82, 2.24) is 0 Å². The Labute approximate surface area is 146 Å². The van der Waals surface area contributed by atoms with Crippen molar-refractivity contribution in [3.8, 4) is 0 Å².